The van der Waals surface area contributed by atoms with E-state index in [0.29, 0.717) is 0 Å². The van der Waals surface area contributed by atoms with Crippen LogP contribution in [0.5, 0.6) is 5.75 Å². The van der Waals surface area contributed by atoms with Crippen LogP contribution in [-0.2, 0) is 6.54 Å². The monoisotopic (exact) mass is 267 g/mol. The Morgan fingerprint density at radius 2 is 2.05 bits per heavy atom. The molecule has 1 aromatic heterocycles. The third-order valence-corrected chi connectivity index (χ3v) is 3.42. The van der Waals surface area contributed by atoms with E-state index >= 15 is 0 Å². The number of hydrogen-bond acceptors (Lipinski definition) is 3. The number of hydrogen-bond donors (Lipinski definition) is 1. The molecule has 3 rings (SSSR count). The molecule has 0 radical (unpaired) electrons. The van der Waals surface area contributed by atoms with Crippen molar-refractivity contribution in [3.8, 4) is 17.1 Å². The van der Waals surface area contributed by atoms with E-state index in [1.165, 1.54) is 0 Å². The van der Waals surface area contributed by atoms with Crippen LogP contribution in [0, 0.1) is 0 Å². The van der Waals surface area contributed by atoms with Gasteiger partial charge in [-0.1, -0.05) is 12.1 Å². The number of anilines is 1. The summed E-state index contributed by atoms with van der Waals surface area (Å²) in [4.78, 5) is 4.73. The summed E-state index contributed by atoms with van der Waals surface area (Å²) in [6.45, 7) is 2.97. The number of nitrogen functional groups attached to an aromatic ring is 1. The highest BCUT2D eigenvalue weighted by Gasteiger charge is 2.12. The van der Waals surface area contributed by atoms with Crippen LogP contribution in [0.2, 0.25) is 0 Å². The van der Waals surface area contributed by atoms with E-state index in [2.05, 4.69) is 11.5 Å². The molecule has 2 N–H and O–H groups in total. The van der Waals surface area contributed by atoms with E-state index in [1.54, 1.807) is 7.11 Å². The first-order valence-corrected chi connectivity index (χ1v) is 6.63. The minimum atomic E-state index is 0.745. The molecule has 1 heterocycles. The molecule has 20 heavy (non-hydrogen) atoms. The summed E-state index contributed by atoms with van der Waals surface area (Å²) < 4.78 is 7.44. The second-order valence-electron chi connectivity index (χ2n) is 4.66. The van der Waals surface area contributed by atoms with Crippen LogP contribution in [0.1, 0.15) is 6.92 Å². The van der Waals surface area contributed by atoms with Crippen LogP contribution >= 0.6 is 0 Å². The fraction of sp³-hybridized carbons (Fsp3) is 0.188. The van der Waals surface area contributed by atoms with Gasteiger partial charge in [-0.05, 0) is 31.2 Å². The normalized spacial score (nSPS) is 10.9. The number of imidazole rings is 1. The molecule has 0 aliphatic heterocycles. The summed E-state index contributed by atoms with van der Waals surface area (Å²) >= 11 is 0. The van der Waals surface area contributed by atoms with Crippen molar-refractivity contribution >= 4 is 16.7 Å². The van der Waals surface area contributed by atoms with Crippen LogP contribution in [-0.4, -0.2) is 16.7 Å². The van der Waals surface area contributed by atoms with Crippen molar-refractivity contribution < 1.29 is 4.74 Å². The van der Waals surface area contributed by atoms with Crippen molar-refractivity contribution in [3.63, 3.8) is 0 Å². The maximum atomic E-state index is 5.87. The summed E-state index contributed by atoms with van der Waals surface area (Å²) in [6.07, 6.45) is 0. The smallest absolute Gasteiger partial charge is 0.141 e. The highest BCUT2D eigenvalue weighted by molar-refractivity contribution is 5.82. The van der Waals surface area contributed by atoms with Gasteiger partial charge in [0.25, 0.3) is 0 Å². The summed E-state index contributed by atoms with van der Waals surface area (Å²) in [5, 5.41) is 0. The molecule has 0 saturated heterocycles. The molecule has 0 spiro atoms. The maximum Gasteiger partial charge on any atom is 0.141 e. The molecule has 4 heteroatoms. The highest BCUT2D eigenvalue weighted by Crippen LogP contribution is 2.28. The number of aromatic nitrogens is 2. The Morgan fingerprint density at radius 1 is 1.20 bits per heavy atom. The van der Waals surface area contributed by atoms with E-state index in [4.69, 9.17) is 15.5 Å². The fourth-order valence-corrected chi connectivity index (χ4v) is 2.45. The second-order valence-corrected chi connectivity index (χ2v) is 4.66. The minimum absolute atomic E-state index is 0.745. The predicted molar refractivity (Wildman–Crippen MR) is 81.8 cm³/mol. The lowest BCUT2D eigenvalue weighted by Crippen LogP contribution is -1.98. The number of aryl methyl sites for hydroxylation is 1. The molecule has 0 saturated carbocycles. The zero-order valence-electron chi connectivity index (χ0n) is 11.6. The Bertz CT molecular complexity index is 762. The second kappa shape index (κ2) is 4.89. The molecule has 0 atom stereocenters. The van der Waals surface area contributed by atoms with Crippen molar-refractivity contribution in [1.82, 2.24) is 9.55 Å². The zero-order chi connectivity index (χ0) is 14.1. The van der Waals surface area contributed by atoms with E-state index < -0.39 is 0 Å². The number of benzene rings is 2. The molecule has 0 amide bonds. The number of rotatable bonds is 3. The van der Waals surface area contributed by atoms with E-state index in [-0.39, 0.29) is 0 Å². The Labute approximate surface area is 117 Å². The molecule has 2 aromatic carbocycles. The summed E-state index contributed by atoms with van der Waals surface area (Å²) in [6, 6.07) is 13.8. The molecular formula is C16H17N3O. The Kier molecular flexibility index (Phi) is 3.06. The van der Waals surface area contributed by atoms with Gasteiger partial charge in [-0.3, -0.25) is 0 Å². The van der Waals surface area contributed by atoms with Gasteiger partial charge in [0.05, 0.1) is 18.1 Å². The Hall–Kier alpha value is -2.49. The van der Waals surface area contributed by atoms with Gasteiger partial charge in [0, 0.05) is 23.9 Å². The summed E-state index contributed by atoms with van der Waals surface area (Å²) in [7, 11) is 1.66. The van der Waals surface area contributed by atoms with Crippen LogP contribution in [0.25, 0.3) is 22.4 Å². The van der Waals surface area contributed by atoms with Crippen LogP contribution in [0.3, 0.4) is 0 Å². The summed E-state index contributed by atoms with van der Waals surface area (Å²) in [5.41, 5.74) is 9.68. The van der Waals surface area contributed by atoms with Crippen molar-refractivity contribution in [1.29, 1.82) is 0 Å². The maximum absolute atomic E-state index is 5.87. The van der Waals surface area contributed by atoms with Crippen molar-refractivity contribution in [2.45, 2.75) is 13.5 Å². The molecule has 3 aromatic rings. The third-order valence-electron chi connectivity index (χ3n) is 3.42. The van der Waals surface area contributed by atoms with E-state index in [1.807, 2.05) is 42.5 Å². The quantitative estimate of drug-likeness (QED) is 0.741. The molecule has 0 aliphatic rings. The van der Waals surface area contributed by atoms with Crippen LogP contribution < -0.4 is 10.5 Å². The lowest BCUT2D eigenvalue weighted by molar-refractivity contribution is 0.415. The SMILES string of the molecule is CCn1c(-c2cccc(N)c2)nc2cc(OC)ccc21. The Morgan fingerprint density at radius 3 is 2.75 bits per heavy atom. The average molecular weight is 267 g/mol. The van der Waals surface area contributed by atoms with Crippen LogP contribution in [0.15, 0.2) is 42.5 Å². The number of methoxy groups -OCH3 is 1. The fourth-order valence-electron chi connectivity index (χ4n) is 2.45. The lowest BCUT2D eigenvalue weighted by Gasteiger charge is -2.06. The number of ether oxygens (including phenoxy) is 1. The van der Waals surface area contributed by atoms with Crippen LogP contribution in [0.4, 0.5) is 5.69 Å². The lowest BCUT2D eigenvalue weighted by atomic mass is 10.2. The summed E-state index contributed by atoms with van der Waals surface area (Å²) in [5.74, 6) is 1.75. The minimum Gasteiger partial charge on any atom is -0.497 e. The molecule has 0 bridgehead atoms. The largest absolute Gasteiger partial charge is 0.497 e. The first-order chi connectivity index (χ1) is 9.72. The molecule has 0 fully saturated rings. The van der Waals surface area contributed by atoms with Gasteiger partial charge in [0.15, 0.2) is 0 Å². The predicted octanol–water partition coefficient (Wildman–Crippen LogP) is 3.31. The van der Waals surface area contributed by atoms with Gasteiger partial charge in [0.2, 0.25) is 0 Å². The first-order valence-electron chi connectivity index (χ1n) is 6.63. The zero-order valence-corrected chi connectivity index (χ0v) is 11.6. The highest BCUT2D eigenvalue weighted by atomic mass is 16.5. The van der Waals surface area contributed by atoms with E-state index in [0.717, 1.165) is 40.4 Å². The number of fused-ring (bicyclic) bond motifs is 1. The number of nitrogens with two attached hydrogens (primary N) is 1. The number of nitrogens with zero attached hydrogens (tertiary/aromatic N) is 2. The third kappa shape index (κ3) is 1.99. The molecule has 0 aliphatic carbocycles. The van der Waals surface area contributed by atoms with Gasteiger partial charge < -0.3 is 15.0 Å². The average Bonchev–Trinajstić information content (AvgIpc) is 2.84. The molecule has 4 nitrogen and oxygen atoms in total. The van der Waals surface area contributed by atoms with Gasteiger partial charge >= 0.3 is 0 Å². The molecular weight excluding hydrogens is 250 g/mol. The van der Waals surface area contributed by atoms with E-state index in [9.17, 15) is 0 Å². The van der Waals surface area contributed by atoms with Gasteiger partial charge in [-0.2, -0.15) is 0 Å². The van der Waals surface area contributed by atoms with Crippen molar-refractivity contribution in [2.75, 3.05) is 12.8 Å². The molecule has 102 valence electrons. The standard InChI is InChI=1S/C16H17N3O/c1-3-19-15-8-7-13(20-2)10-14(15)18-16(19)11-5-4-6-12(17)9-11/h4-10H,3,17H2,1-2H3. The first kappa shape index (κ1) is 12.5. The van der Waals surface area contributed by atoms with Gasteiger partial charge in [0.1, 0.15) is 11.6 Å². The van der Waals surface area contributed by atoms with Gasteiger partial charge in [-0.25, -0.2) is 4.98 Å². The van der Waals surface area contributed by atoms with Crippen molar-refractivity contribution in [3.05, 3.63) is 42.5 Å². The Balaban J connectivity index is 2.24. The topological polar surface area (TPSA) is 53.1 Å². The molecule has 0 unspecified atom stereocenters. The van der Waals surface area contributed by atoms with Crippen molar-refractivity contribution in [2.24, 2.45) is 0 Å². The van der Waals surface area contributed by atoms with Gasteiger partial charge in [-0.15, -0.1) is 0 Å².